The molecule has 2 heterocycles. The highest BCUT2D eigenvalue weighted by Crippen LogP contribution is 2.30. The van der Waals surface area contributed by atoms with Crippen molar-refractivity contribution in [2.75, 3.05) is 26.7 Å². The summed E-state index contributed by atoms with van der Waals surface area (Å²) in [7, 11) is 2.25. The lowest BCUT2D eigenvalue weighted by Gasteiger charge is -2.20. The third-order valence-corrected chi connectivity index (χ3v) is 4.77. The summed E-state index contributed by atoms with van der Waals surface area (Å²) >= 11 is 0. The first-order chi connectivity index (χ1) is 10.4. The molecular formula is C19H26N2O. The van der Waals surface area contributed by atoms with Gasteiger partial charge in [0.2, 0.25) is 0 Å². The first kappa shape index (κ1) is 15.6. The topological polar surface area (TPSA) is 26.7 Å². The zero-order valence-electron chi connectivity index (χ0n) is 13.8. The van der Waals surface area contributed by atoms with E-state index in [1.165, 1.54) is 31.6 Å². The first-order valence-electron chi connectivity index (χ1n) is 8.18. The third kappa shape index (κ3) is 3.70. The number of aliphatic hydroxyl groups is 1. The monoisotopic (exact) mass is 298 g/mol. The van der Waals surface area contributed by atoms with Crippen LogP contribution in [0, 0.1) is 17.8 Å². The lowest BCUT2D eigenvalue weighted by molar-refractivity contribution is 0.143. The molecule has 0 spiro atoms. The molecule has 2 saturated heterocycles. The van der Waals surface area contributed by atoms with Crippen LogP contribution in [0.1, 0.15) is 31.4 Å². The molecule has 2 aliphatic heterocycles. The van der Waals surface area contributed by atoms with Crippen LogP contribution in [0.25, 0.3) is 0 Å². The minimum Gasteiger partial charge on any atom is -0.378 e. The van der Waals surface area contributed by atoms with E-state index in [-0.39, 0.29) is 0 Å². The largest absolute Gasteiger partial charge is 0.378 e. The number of hydrogen-bond acceptors (Lipinski definition) is 3. The fourth-order valence-electron chi connectivity index (χ4n) is 3.57. The van der Waals surface area contributed by atoms with Gasteiger partial charge in [-0.1, -0.05) is 24.0 Å². The highest BCUT2D eigenvalue weighted by Gasteiger charge is 2.39. The van der Waals surface area contributed by atoms with Crippen molar-refractivity contribution in [3.8, 4) is 11.8 Å². The molecule has 2 atom stereocenters. The first-order valence-corrected chi connectivity index (χ1v) is 8.18. The van der Waals surface area contributed by atoms with Gasteiger partial charge in [0.25, 0.3) is 0 Å². The summed E-state index contributed by atoms with van der Waals surface area (Å²) in [4.78, 5) is 5.09. The van der Waals surface area contributed by atoms with E-state index in [2.05, 4.69) is 53.0 Å². The van der Waals surface area contributed by atoms with Crippen LogP contribution >= 0.6 is 0 Å². The molecule has 118 valence electrons. The van der Waals surface area contributed by atoms with Gasteiger partial charge in [0.1, 0.15) is 5.60 Å². The Morgan fingerprint density at radius 3 is 2.59 bits per heavy atom. The van der Waals surface area contributed by atoms with E-state index in [1.54, 1.807) is 13.8 Å². The quantitative estimate of drug-likeness (QED) is 0.846. The zero-order chi connectivity index (χ0) is 15.7. The molecule has 0 amide bonds. The van der Waals surface area contributed by atoms with Crippen LogP contribution in [0.3, 0.4) is 0 Å². The van der Waals surface area contributed by atoms with Crippen LogP contribution < -0.4 is 0 Å². The zero-order valence-corrected chi connectivity index (χ0v) is 13.8. The standard InChI is InChI=1S/C19H26N2O/c1-19(2,22)10-8-15-4-6-16(7-5-15)12-21-13-17-9-11-20(3)18(17)14-21/h4-7,17-18,22H,9,11-14H2,1-3H3/t17-,18+/m1/s1. The van der Waals surface area contributed by atoms with Crippen molar-refractivity contribution in [3.63, 3.8) is 0 Å². The van der Waals surface area contributed by atoms with E-state index in [1.807, 2.05) is 0 Å². The molecule has 3 rings (SSSR count). The van der Waals surface area contributed by atoms with Crippen molar-refractivity contribution in [1.29, 1.82) is 0 Å². The van der Waals surface area contributed by atoms with Gasteiger partial charge in [-0.15, -0.1) is 0 Å². The fourth-order valence-corrected chi connectivity index (χ4v) is 3.57. The maximum Gasteiger partial charge on any atom is 0.120 e. The minimum atomic E-state index is -0.933. The molecule has 3 heteroatoms. The maximum absolute atomic E-state index is 9.64. The summed E-state index contributed by atoms with van der Waals surface area (Å²) in [5, 5.41) is 9.64. The normalized spacial score (nSPS) is 25.8. The van der Waals surface area contributed by atoms with E-state index in [0.717, 1.165) is 24.1 Å². The van der Waals surface area contributed by atoms with Gasteiger partial charge in [0.15, 0.2) is 0 Å². The van der Waals surface area contributed by atoms with Gasteiger partial charge < -0.3 is 10.0 Å². The van der Waals surface area contributed by atoms with Crippen LogP contribution in [0.4, 0.5) is 0 Å². The predicted molar refractivity (Wildman–Crippen MR) is 89.4 cm³/mol. The van der Waals surface area contributed by atoms with Gasteiger partial charge >= 0.3 is 0 Å². The Morgan fingerprint density at radius 2 is 1.95 bits per heavy atom. The Hall–Kier alpha value is -1.34. The molecule has 22 heavy (non-hydrogen) atoms. The number of hydrogen-bond donors (Lipinski definition) is 1. The number of benzene rings is 1. The van der Waals surface area contributed by atoms with Gasteiger partial charge in [-0.2, -0.15) is 0 Å². The van der Waals surface area contributed by atoms with Crippen molar-refractivity contribution in [2.24, 2.45) is 5.92 Å². The fraction of sp³-hybridized carbons (Fsp3) is 0.579. The molecule has 1 aromatic carbocycles. The molecule has 1 N–H and O–H groups in total. The van der Waals surface area contributed by atoms with Crippen LogP contribution in [0.5, 0.6) is 0 Å². The van der Waals surface area contributed by atoms with E-state index in [4.69, 9.17) is 0 Å². The van der Waals surface area contributed by atoms with E-state index >= 15 is 0 Å². The maximum atomic E-state index is 9.64. The molecular weight excluding hydrogens is 272 g/mol. The summed E-state index contributed by atoms with van der Waals surface area (Å²) < 4.78 is 0. The lowest BCUT2D eigenvalue weighted by Crippen LogP contribution is -2.31. The molecule has 0 radical (unpaired) electrons. The molecule has 0 aromatic heterocycles. The SMILES string of the molecule is CN1CC[C@@H]2CN(Cc3ccc(C#CC(C)(C)O)cc3)C[C@@H]21. The molecule has 0 unspecified atom stereocenters. The van der Waals surface area contributed by atoms with Crippen molar-refractivity contribution < 1.29 is 5.11 Å². The van der Waals surface area contributed by atoms with Gasteiger partial charge in [-0.25, -0.2) is 0 Å². The van der Waals surface area contributed by atoms with Crippen molar-refractivity contribution in [1.82, 2.24) is 9.80 Å². The van der Waals surface area contributed by atoms with Gasteiger partial charge in [0.05, 0.1) is 0 Å². The van der Waals surface area contributed by atoms with Crippen LogP contribution in [-0.2, 0) is 6.54 Å². The smallest absolute Gasteiger partial charge is 0.120 e. The molecule has 1 aromatic rings. The number of rotatable bonds is 2. The average molecular weight is 298 g/mol. The molecule has 0 bridgehead atoms. The van der Waals surface area contributed by atoms with E-state index in [0.29, 0.717) is 0 Å². The van der Waals surface area contributed by atoms with Crippen molar-refractivity contribution in [2.45, 2.75) is 38.5 Å². The number of fused-ring (bicyclic) bond motifs is 1. The van der Waals surface area contributed by atoms with Crippen LogP contribution in [0.15, 0.2) is 24.3 Å². The van der Waals surface area contributed by atoms with Crippen LogP contribution in [-0.4, -0.2) is 53.2 Å². The number of likely N-dealkylation sites (N-methyl/N-ethyl adjacent to an activating group) is 1. The summed E-state index contributed by atoms with van der Waals surface area (Å²) in [6.07, 6.45) is 1.35. The number of likely N-dealkylation sites (tertiary alicyclic amines) is 2. The third-order valence-electron chi connectivity index (χ3n) is 4.77. The Labute approximate surface area is 133 Å². The summed E-state index contributed by atoms with van der Waals surface area (Å²) in [6, 6.07) is 9.18. The Bertz CT molecular complexity index is 576. The average Bonchev–Trinajstić information content (AvgIpc) is 3.00. The second-order valence-corrected chi connectivity index (χ2v) is 7.30. The Kier molecular flexibility index (Phi) is 4.27. The van der Waals surface area contributed by atoms with Gasteiger partial charge in [0, 0.05) is 31.2 Å². The van der Waals surface area contributed by atoms with Crippen LogP contribution in [0.2, 0.25) is 0 Å². The molecule has 0 saturated carbocycles. The number of nitrogens with zero attached hydrogens (tertiary/aromatic N) is 2. The van der Waals surface area contributed by atoms with E-state index < -0.39 is 5.60 Å². The molecule has 2 aliphatic rings. The highest BCUT2D eigenvalue weighted by molar-refractivity contribution is 5.37. The lowest BCUT2D eigenvalue weighted by atomic mass is 10.1. The second kappa shape index (κ2) is 6.04. The Balaban J connectivity index is 1.59. The minimum absolute atomic E-state index is 0.761. The second-order valence-electron chi connectivity index (χ2n) is 7.30. The van der Waals surface area contributed by atoms with Gasteiger partial charge in [-0.05, 0) is 57.5 Å². The van der Waals surface area contributed by atoms with Crippen molar-refractivity contribution in [3.05, 3.63) is 35.4 Å². The summed E-state index contributed by atoms with van der Waals surface area (Å²) in [5.41, 5.74) is 1.37. The highest BCUT2D eigenvalue weighted by atomic mass is 16.3. The molecule has 2 fully saturated rings. The summed E-state index contributed by atoms with van der Waals surface area (Å²) in [6.45, 7) is 8.12. The Morgan fingerprint density at radius 1 is 1.23 bits per heavy atom. The molecule has 0 aliphatic carbocycles. The molecule has 3 nitrogen and oxygen atoms in total. The summed E-state index contributed by atoms with van der Waals surface area (Å²) in [5.74, 6) is 6.74. The van der Waals surface area contributed by atoms with Gasteiger partial charge in [-0.3, -0.25) is 4.90 Å². The predicted octanol–water partition coefficient (Wildman–Crippen LogP) is 1.94. The van der Waals surface area contributed by atoms with E-state index in [9.17, 15) is 5.11 Å². The van der Waals surface area contributed by atoms with Crippen molar-refractivity contribution >= 4 is 0 Å².